The summed E-state index contributed by atoms with van der Waals surface area (Å²) in [4.78, 5) is 0. The van der Waals surface area contributed by atoms with Gasteiger partial charge in [0, 0.05) is 17.6 Å². The van der Waals surface area contributed by atoms with Gasteiger partial charge >= 0.3 is 0 Å². The van der Waals surface area contributed by atoms with Crippen molar-refractivity contribution in [2.24, 2.45) is 0 Å². The molecule has 4 heteroatoms. The van der Waals surface area contributed by atoms with Gasteiger partial charge < -0.3 is 10.1 Å². The predicted molar refractivity (Wildman–Crippen MR) is 70.1 cm³/mol. The molecule has 3 nitrogen and oxygen atoms in total. The fourth-order valence-electron chi connectivity index (χ4n) is 1.99. The summed E-state index contributed by atoms with van der Waals surface area (Å²) in [6.07, 6.45) is 2.56. The summed E-state index contributed by atoms with van der Waals surface area (Å²) in [5, 5.41) is 7.50. The van der Waals surface area contributed by atoms with Crippen LogP contribution in [-0.2, 0) is 11.3 Å². The Kier molecular flexibility index (Phi) is 5.26. The van der Waals surface area contributed by atoms with Crippen molar-refractivity contribution >= 4 is 11.6 Å². The summed E-state index contributed by atoms with van der Waals surface area (Å²) in [5.41, 5.74) is 1.15. The lowest BCUT2D eigenvalue weighted by Crippen LogP contribution is -2.34. The largest absolute Gasteiger partial charge is 0.362 e. The van der Waals surface area contributed by atoms with Gasteiger partial charge in [-0.05, 0) is 37.1 Å². The number of halogens is 1. The molecule has 1 fully saturated rings. The summed E-state index contributed by atoms with van der Waals surface area (Å²) in [6.45, 7) is 3.36. The molecule has 1 aliphatic rings. The molecule has 2 rings (SSSR count). The van der Waals surface area contributed by atoms with Gasteiger partial charge in [-0.25, -0.2) is 0 Å². The van der Waals surface area contributed by atoms with Gasteiger partial charge in [0.05, 0.1) is 13.3 Å². The lowest BCUT2D eigenvalue weighted by molar-refractivity contribution is 0.102. The van der Waals surface area contributed by atoms with E-state index in [-0.39, 0.29) is 0 Å². The number of hydrogen-bond acceptors (Lipinski definition) is 3. The van der Waals surface area contributed by atoms with E-state index in [1.165, 1.54) is 12.8 Å². The minimum atomic E-state index is 0.598. The van der Waals surface area contributed by atoms with E-state index in [0.29, 0.717) is 19.4 Å². The van der Waals surface area contributed by atoms with Crippen molar-refractivity contribution in [1.82, 2.24) is 10.6 Å². The third kappa shape index (κ3) is 4.64. The molecule has 0 saturated carbocycles. The molecule has 1 aromatic carbocycles. The minimum Gasteiger partial charge on any atom is -0.362 e. The Morgan fingerprint density at radius 3 is 2.88 bits per heavy atom. The Labute approximate surface area is 107 Å². The highest BCUT2D eigenvalue weighted by Crippen LogP contribution is 2.10. The molecule has 0 aliphatic carbocycles. The average Bonchev–Trinajstić information content (AvgIpc) is 2.84. The summed E-state index contributed by atoms with van der Waals surface area (Å²) < 4.78 is 5.54. The molecule has 17 heavy (non-hydrogen) atoms. The number of hydrogen-bond donors (Lipinski definition) is 2. The van der Waals surface area contributed by atoms with Gasteiger partial charge in [0.15, 0.2) is 0 Å². The SMILES string of the molecule is Clc1ccc(COCNCC2CCCN2)cc1. The fraction of sp³-hybridized carbons (Fsp3) is 0.538. The van der Waals surface area contributed by atoms with Crippen LogP contribution in [0.4, 0.5) is 0 Å². The Morgan fingerprint density at radius 1 is 1.35 bits per heavy atom. The molecule has 2 N–H and O–H groups in total. The molecule has 0 spiro atoms. The number of ether oxygens (including phenoxy) is 1. The Balaban J connectivity index is 1.55. The third-order valence-corrected chi connectivity index (χ3v) is 3.19. The molecule has 1 saturated heterocycles. The molecule has 1 heterocycles. The summed E-state index contributed by atoms with van der Waals surface area (Å²) in [7, 11) is 0. The van der Waals surface area contributed by atoms with Gasteiger partial charge in [-0.15, -0.1) is 0 Å². The second kappa shape index (κ2) is 6.97. The van der Waals surface area contributed by atoms with E-state index < -0.39 is 0 Å². The molecule has 1 aliphatic heterocycles. The number of rotatable bonds is 6. The summed E-state index contributed by atoms with van der Waals surface area (Å²) >= 11 is 5.81. The highest BCUT2D eigenvalue weighted by molar-refractivity contribution is 6.30. The van der Waals surface area contributed by atoms with E-state index in [4.69, 9.17) is 16.3 Å². The van der Waals surface area contributed by atoms with Gasteiger partial charge in [-0.3, -0.25) is 5.32 Å². The van der Waals surface area contributed by atoms with Crippen LogP contribution in [0.15, 0.2) is 24.3 Å². The second-order valence-electron chi connectivity index (χ2n) is 4.37. The summed E-state index contributed by atoms with van der Waals surface area (Å²) in [5.74, 6) is 0. The van der Waals surface area contributed by atoms with E-state index >= 15 is 0 Å². The predicted octanol–water partition coefficient (Wildman–Crippen LogP) is 2.16. The maximum absolute atomic E-state index is 5.81. The molecular formula is C13H19ClN2O. The Morgan fingerprint density at radius 2 is 2.18 bits per heavy atom. The van der Waals surface area contributed by atoms with Crippen LogP contribution in [0.1, 0.15) is 18.4 Å². The Hall–Kier alpha value is -0.610. The monoisotopic (exact) mass is 254 g/mol. The average molecular weight is 255 g/mol. The molecule has 94 valence electrons. The van der Waals surface area contributed by atoms with Crippen LogP contribution in [0.5, 0.6) is 0 Å². The first-order chi connectivity index (χ1) is 8.34. The van der Waals surface area contributed by atoms with Crippen molar-refractivity contribution in [3.05, 3.63) is 34.9 Å². The lowest BCUT2D eigenvalue weighted by atomic mass is 10.2. The highest BCUT2D eigenvalue weighted by Gasteiger charge is 2.12. The van der Waals surface area contributed by atoms with Crippen LogP contribution in [0.2, 0.25) is 5.02 Å². The molecular weight excluding hydrogens is 236 g/mol. The molecule has 0 bridgehead atoms. The van der Waals surface area contributed by atoms with Crippen LogP contribution in [0.3, 0.4) is 0 Å². The number of benzene rings is 1. The maximum atomic E-state index is 5.81. The van der Waals surface area contributed by atoms with Crippen LogP contribution < -0.4 is 10.6 Å². The molecule has 1 unspecified atom stereocenters. The normalized spacial score (nSPS) is 19.7. The van der Waals surface area contributed by atoms with E-state index in [1.54, 1.807) is 0 Å². The maximum Gasteiger partial charge on any atom is 0.0970 e. The minimum absolute atomic E-state index is 0.598. The van der Waals surface area contributed by atoms with E-state index in [2.05, 4.69) is 10.6 Å². The van der Waals surface area contributed by atoms with Crippen LogP contribution in [0, 0.1) is 0 Å². The van der Waals surface area contributed by atoms with Crippen LogP contribution >= 0.6 is 11.6 Å². The van der Waals surface area contributed by atoms with Crippen molar-refractivity contribution in [1.29, 1.82) is 0 Å². The standard InChI is InChI=1S/C13H19ClN2O/c14-12-5-3-11(4-6-12)9-17-10-15-8-13-2-1-7-16-13/h3-6,13,15-16H,1-2,7-10H2. The first-order valence-electron chi connectivity index (χ1n) is 6.11. The second-order valence-corrected chi connectivity index (χ2v) is 4.80. The zero-order valence-electron chi connectivity index (χ0n) is 9.92. The van der Waals surface area contributed by atoms with Crippen molar-refractivity contribution in [2.45, 2.75) is 25.5 Å². The van der Waals surface area contributed by atoms with Crippen molar-refractivity contribution < 1.29 is 4.74 Å². The summed E-state index contributed by atoms with van der Waals surface area (Å²) in [6, 6.07) is 8.36. The van der Waals surface area contributed by atoms with Crippen molar-refractivity contribution in [2.75, 3.05) is 19.8 Å². The van der Waals surface area contributed by atoms with Gasteiger partial charge in [-0.2, -0.15) is 0 Å². The van der Waals surface area contributed by atoms with Gasteiger partial charge in [0.1, 0.15) is 0 Å². The topological polar surface area (TPSA) is 33.3 Å². The van der Waals surface area contributed by atoms with Crippen LogP contribution in [-0.4, -0.2) is 25.9 Å². The third-order valence-electron chi connectivity index (χ3n) is 2.94. The first kappa shape index (κ1) is 12.8. The zero-order chi connectivity index (χ0) is 11.9. The molecule has 0 amide bonds. The van der Waals surface area contributed by atoms with E-state index in [1.807, 2.05) is 24.3 Å². The first-order valence-corrected chi connectivity index (χ1v) is 6.49. The van der Waals surface area contributed by atoms with Crippen molar-refractivity contribution in [3.8, 4) is 0 Å². The zero-order valence-corrected chi connectivity index (χ0v) is 10.7. The molecule has 0 aromatic heterocycles. The fourth-order valence-corrected chi connectivity index (χ4v) is 2.11. The quantitative estimate of drug-likeness (QED) is 0.603. The van der Waals surface area contributed by atoms with Gasteiger partial charge in [0.2, 0.25) is 0 Å². The van der Waals surface area contributed by atoms with Gasteiger partial charge in [0.25, 0.3) is 0 Å². The van der Waals surface area contributed by atoms with Crippen molar-refractivity contribution in [3.63, 3.8) is 0 Å². The Bertz CT molecular complexity index is 323. The lowest BCUT2D eigenvalue weighted by Gasteiger charge is -2.11. The van der Waals surface area contributed by atoms with Crippen LogP contribution in [0.25, 0.3) is 0 Å². The van der Waals surface area contributed by atoms with E-state index in [0.717, 1.165) is 23.7 Å². The highest BCUT2D eigenvalue weighted by atomic mass is 35.5. The number of nitrogens with one attached hydrogen (secondary N) is 2. The van der Waals surface area contributed by atoms with E-state index in [9.17, 15) is 0 Å². The van der Waals surface area contributed by atoms with Gasteiger partial charge in [-0.1, -0.05) is 23.7 Å². The molecule has 0 radical (unpaired) electrons. The molecule has 1 atom stereocenters. The smallest absolute Gasteiger partial charge is 0.0970 e. The molecule has 1 aromatic rings.